The Balaban J connectivity index is 0.00000248. The van der Waals surface area contributed by atoms with Crippen molar-refractivity contribution >= 4 is 20.3 Å². The van der Waals surface area contributed by atoms with Crippen LogP contribution in [-0.4, -0.2) is 65.0 Å². The zero-order chi connectivity index (χ0) is 40.2. The molecule has 1 aromatic heterocycles. The predicted molar refractivity (Wildman–Crippen MR) is 215 cm³/mol. The Bertz CT molecular complexity index is 1640. The van der Waals surface area contributed by atoms with Crippen molar-refractivity contribution in [2.24, 2.45) is 5.92 Å². The molecule has 1 aliphatic rings. The fourth-order valence-corrected chi connectivity index (χ4v) is 7.11. The summed E-state index contributed by atoms with van der Waals surface area (Å²) in [6, 6.07) is 14.2. The Hall–Kier alpha value is -3.43. The third-order valence-electron chi connectivity index (χ3n) is 8.03. The van der Waals surface area contributed by atoms with Crippen LogP contribution in [0.1, 0.15) is 117 Å². The van der Waals surface area contributed by atoms with Crippen LogP contribution in [0.3, 0.4) is 0 Å². The lowest BCUT2D eigenvalue weighted by molar-refractivity contribution is -0.147. The summed E-state index contributed by atoms with van der Waals surface area (Å²) < 4.78 is 44.0. The van der Waals surface area contributed by atoms with E-state index in [1.54, 1.807) is 42.5 Å². The molecule has 1 saturated carbocycles. The van der Waals surface area contributed by atoms with Crippen LogP contribution in [-0.2, 0) is 31.5 Å². The quantitative estimate of drug-likeness (QED) is 0.0801. The normalized spacial score (nSPS) is 13.5. The molecular formula is C43H62FN2O7P. The summed E-state index contributed by atoms with van der Waals surface area (Å²) in [4.78, 5) is 32.6. The van der Waals surface area contributed by atoms with E-state index in [0.29, 0.717) is 47.4 Å². The summed E-state index contributed by atoms with van der Waals surface area (Å²) in [5, 5.41) is 0. The van der Waals surface area contributed by atoms with Gasteiger partial charge >= 0.3 is 11.9 Å². The van der Waals surface area contributed by atoms with Gasteiger partial charge in [-0.2, -0.15) is 0 Å². The number of halogens is 1. The van der Waals surface area contributed by atoms with Gasteiger partial charge in [0.1, 0.15) is 11.6 Å². The van der Waals surface area contributed by atoms with Crippen LogP contribution < -0.4 is 9.47 Å². The summed E-state index contributed by atoms with van der Waals surface area (Å²) in [6.45, 7) is 22.7. The van der Waals surface area contributed by atoms with Crippen molar-refractivity contribution in [3.05, 3.63) is 77.2 Å². The monoisotopic (exact) mass is 768 g/mol. The molecule has 0 spiro atoms. The van der Waals surface area contributed by atoms with E-state index in [0.717, 1.165) is 17.3 Å². The number of ether oxygens (including phenoxy) is 3. The molecule has 1 fully saturated rings. The van der Waals surface area contributed by atoms with E-state index in [-0.39, 0.29) is 35.9 Å². The predicted octanol–water partition coefficient (Wildman–Crippen LogP) is 10.6. The highest BCUT2D eigenvalue weighted by molar-refractivity contribution is 7.47. The molecule has 0 N–H and O–H groups in total. The highest BCUT2D eigenvalue weighted by Gasteiger charge is 2.27. The molecule has 0 aliphatic heterocycles. The smallest absolute Gasteiger partial charge is 0.343 e. The standard InChI is InChI=1S/C40H56FN2O7P.C3H6/c1-26(2)43(27(3)4)25-31-22-30(16-17-33(31)34-23-36(46-12)42-24-35(34)41)38(45)48-32-15-13-14-29(21-32)20-28(5)37(44)47-18-19-51(49-39(6,7)8)50-40(9,10)11;1-2-3-1/h13-17,21-24,26-28H,18-20,25H2,1-12H3;1-3H2. The number of hydrogen-bond acceptors (Lipinski definition) is 9. The number of rotatable bonds is 16. The summed E-state index contributed by atoms with van der Waals surface area (Å²) in [5.74, 6) is -1.15. The Morgan fingerprint density at radius 2 is 1.50 bits per heavy atom. The number of pyridine rings is 1. The largest absolute Gasteiger partial charge is 0.481 e. The van der Waals surface area contributed by atoms with E-state index >= 15 is 4.39 Å². The number of carbonyl (C=O) groups excluding carboxylic acids is 2. The van der Waals surface area contributed by atoms with Gasteiger partial charge in [0.05, 0.1) is 48.8 Å². The van der Waals surface area contributed by atoms with Gasteiger partial charge in [0.25, 0.3) is 0 Å². The maximum Gasteiger partial charge on any atom is 0.343 e. The molecule has 9 nitrogen and oxygen atoms in total. The summed E-state index contributed by atoms with van der Waals surface area (Å²) in [7, 11) is 0.232. The number of nitrogens with zero attached hydrogens (tertiary/aromatic N) is 2. The Morgan fingerprint density at radius 3 is 2.06 bits per heavy atom. The number of hydrogen-bond donors (Lipinski definition) is 0. The number of methoxy groups -OCH3 is 1. The molecule has 1 aliphatic carbocycles. The van der Waals surface area contributed by atoms with Gasteiger partial charge in [-0.1, -0.05) is 44.4 Å². The molecule has 0 bridgehead atoms. The average molecular weight is 769 g/mol. The van der Waals surface area contributed by atoms with Gasteiger partial charge in [0.2, 0.25) is 5.88 Å². The topological polar surface area (TPSA) is 96.4 Å². The maximum atomic E-state index is 15.1. The minimum atomic E-state index is -1.25. The minimum Gasteiger partial charge on any atom is -0.481 e. The molecule has 3 aromatic rings. The van der Waals surface area contributed by atoms with Gasteiger partial charge in [0, 0.05) is 30.3 Å². The van der Waals surface area contributed by atoms with Crippen molar-refractivity contribution in [2.75, 3.05) is 19.9 Å². The molecule has 54 heavy (non-hydrogen) atoms. The molecule has 4 rings (SSSR count). The van der Waals surface area contributed by atoms with Gasteiger partial charge in [-0.15, -0.1) is 0 Å². The van der Waals surface area contributed by atoms with Crippen molar-refractivity contribution < 1.29 is 37.2 Å². The number of aromatic nitrogens is 1. The second kappa shape index (κ2) is 20.5. The van der Waals surface area contributed by atoms with Crippen LogP contribution in [0.25, 0.3) is 11.1 Å². The highest BCUT2D eigenvalue weighted by atomic mass is 31.2. The van der Waals surface area contributed by atoms with Crippen LogP contribution in [0, 0.1) is 11.7 Å². The Morgan fingerprint density at radius 1 is 0.870 bits per heavy atom. The number of benzene rings is 2. The van der Waals surface area contributed by atoms with Crippen molar-refractivity contribution in [1.82, 2.24) is 9.88 Å². The summed E-state index contributed by atoms with van der Waals surface area (Å²) in [5.41, 5.74) is 2.12. The fraction of sp³-hybridized carbons (Fsp3) is 0.558. The van der Waals surface area contributed by atoms with E-state index in [9.17, 15) is 9.59 Å². The first-order valence-electron chi connectivity index (χ1n) is 19.0. The number of carbonyl (C=O) groups is 2. The molecule has 1 atom stereocenters. The lowest BCUT2D eigenvalue weighted by Gasteiger charge is -2.31. The van der Waals surface area contributed by atoms with Crippen molar-refractivity contribution in [2.45, 2.75) is 132 Å². The lowest BCUT2D eigenvalue weighted by atomic mass is 9.96. The van der Waals surface area contributed by atoms with E-state index in [4.69, 9.17) is 23.3 Å². The van der Waals surface area contributed by atoms with E-state index in [1.165, 1.54) is 26.4 Å². The molecule has 1 heterocycles. The van der Waals surface area contributed by atoms with E-state index in [2.05, 4.69) is 37.6 Å². The zero-order valence-corrected chi connectivity index (χ0v) is 35.3. The second-order valence-electron chi connectivity index (χ2n) is 16.3. The SMILES string of the molecule is C1CC1.COc1cc(-c2ccc(C(=O)Oc3cccc(CC(C)C(=O)OCCP(OC(C)(C)C)OC(C)(C)C)c3)cc2CN(C(C)C)C(C)C)c(F)cn1. The molecule has 0 amide bonds. The van der Waals surface area contributed by atoms with Crippen molar-refractivity contribution in [1.29, 1.82) is 0 Å². The molecule has 1 unspecified atom stereocenters. The summed E-state index contributed by atoms with van der Waals surface area (Å²) in [6.07, 6.45) is 6.50. The Labute approximate surface area is 324 Å². The van der Waals surface area contributed by atoms with Crippen molar-refractivity contribution in [3.8, 4) is 22.8 Å². The first-order valence-corrected chi connectivity index (χ1v) is 20.3. The van der Waals surface area contributed by atoms with Crippen LogP contribution in [0.4, 0.5) is 4.39 Å². The van der Waals surface area contributed by atoms with E-state index < -0.39 is 26.1 Å². The van der Waals surface area contributed by atoms with Gasteiger partial charge in [-0.3, -0.25) is 9.69 Å². The maximum absolute atomic E-state index is 15.1. The van der Waals surface area contributed by atoms with Crippen LogP contribution in [0.2, 0.25) is 0 Å². The average Bonchev–Trinajstić information content (AvgIpc) is 3.96. The molecule has 2 aromatic carbocycles. The minimum absolute atomic E-state index is 0.187. The van der Waals surface area contributed by atoms with Crippen LogP contribution >= 0.6 is 8.38 Å². The van der Waals surface area contributed by atoms with Crippen LogP contribution in [0.15, 0.2) is 54.7 Å². The van der Waals surface area contributed by atoms with Gasteiger partial charge < -0.3 is 23.3 Å². The third kappa shape index (κ3) is 15.7. The molecule has 298 valence electrons. The molecule has 0 saturated heterocycles. The molecular weight excluding hydrogens is 706 g/mol. The summed E-state index contributed by atoms with van der Waals surface area (Å²) >= 11 is 0. The zero-order valence-electron chi connectivity index (χ0n) is 34.5. The number of esters is 2. The molecule has 0 radical (unpaired) electrons. The molecule has 11 heteroatoms. The highest BCUT2D eigenvalue weighted by Crippen LogP contribution is 2.46. The van der Waals surface area contributed by atoms with Gasteiger partial charge in [-0.05, 0) is 117 Å². The fourth-order valence-electron chi connectivity index (χ4n) is 5.43. The third-order valence-corrected chi connectivity index (χ3v) is 10.1. The first-order chi connectivity index (χ1) is 25.3. The van der Waals surface area contributed by atoms with Crippen molar-refractivity contribution in [3.63, 3.8) is 0 Å². The lowest BCUT2D eigenvalue weighted by Crippen LogP contribution is -2.36. The Kier molecular flexibility index (Phi) is 17.0. The van der Waals surface area contributed by atoms with Gasteiger partial charge in [0.15, 0.2) is 8.38 Å². The second-order valence-corrected chi connectivity index (χ2v) is 17.8. The van der Waals surface area contributed by atoms with Gasteiger partial charge in [-0.25, -0.2) is 14.2 Å². The van der Waals surface area contributed by atoms with Crippen LogP contribution in [0.5, 0.6) is 11.6 Å². The van der Waals surface area contributed by atoms with E-state index in [1.807, 2.05) is 54.5 Å². The first kappa shape index (κ1) is 45.0.